The number of amides is 1. The number of thioether (sulfide) groups is 1. The van der Waals surface area contributed by atoms with Crippen molar-refractivity contribution in [2.45, 2.75) is 42.4 Å². The van der Waals surface area contributed by atoms with Gasteiger partial charge in [0.25, 0.3) is 5.91 Å². The van der Waals surface area contributed by atoms with Crippen LogP contribution in [-0.4, -0.2) is 44.0 Å². The van der Waals surface area contributed by atoms with Crippen LogP contribution in [0.25, 0.3) is 0 Å². The molecule has 0 spiro atoms. The molecule has 156 valence electrons. The predicted octanol–water partition coefficient (Wildman–Crippen LogP) is 4.08. The molecule has 1 amide bonds. The van der Waals surface area contributed by atoms with Crippen molar-refractivity contribution in [2.75, 3.05) is 25.4 Å². The van der Waals surface area contributed by atoms with Crippen molar-refractivity contribution in [2.24, 2.45) is 0 Å². The Labute approximate surface area is 177 Å². The molecule has 2 aromatic carbocycles. The highest BCUT2D eigenvalue weighted by Crippen LogP contribution is 2.23. The van der Waals surface area contributed by atoms with Crippen molar-refractivity contribution >= 4 is 27.7 Å². The largest absolute Gasteiger partial charge is 0.351 e. The average Bonchev–Trinajstić information content (AvgIpc) is 3.02. The number of carbonyl (C=O) groups is 1. The lowest BCUT2D eigenvalue weighted by molar-refractivity contribution is 0.0955. The molecule has 7 heteroatoms. The first-order chi connectivity index (χ1) is 14.0. The Morgan fingerprint density at radius 2 is 1.72 bits per heavy atom. The van der Waals surface area contributed by atoms with Gasteiger partial charge in [0.15, 0.2) is 0 Å². The summed E-state index contributed by atoms with van der Waals surface area (Å²) in [6, 6.07) is 14.9. The number of sulfonamides is 1. The SMILES string of the molecule is Cc1ccc(S(=O)(=O)N2CCCCCC2)cc1C(=O)NCCSc1ccccc1. The molecule has 5 nitrogen and oxygen atoms in total. The van der Waals surface area contributed by atoms with E-state index in [1.165, 1.54) is 6.07 Å². The first-order valence-corrected chi connectivity index (χ1v) is 12.5. The maximum Gasteiger partial charge on any atom is 0.251 e. The highest BCUT2D eigenvalue weighted by Gasteiger charge is 2.26. The second-order valence-corrected chi connectivity index (χ2v) is 10.3. The van der Waals surface area contributed by atoms with E-state index >= 15 is 0 Å². The second kappa shape index (κ2) is 10.3. The quantitative estimate of drug-likeness (QED) is 0.529. The Morgan fingerprint density at radius 3 is 2.41 bits per heavy atom. The van der Waals surface area contributed by atoms with Crippen LogP contribution in [-0.2, 0) is 10.0 Å². The van der Waals surface area contributed by atoms with Crippen LogP contribution < -0.4 is 5.32 Å². The molecule has 1 aliphatic heterocycles. The van der Waals surface area contributed by atoms with Crippen LogP contribution in [0.2, 0.25) is 0 Å². The number of hydrogen-bond acceptors (Lipinski definition) is 4. The van der Waals surface area contributed by atoms with Crippen molar-refractivity contribution < 1.29 is 13.2 Å². The number of nitrogens with zero attached hydrogens (tertiary/aromatic N) is 1. The topological polar surface area (TPSA) is 66.5 Å². The fraction of sp³-hybridized carbons (Fsp3) is 0.409. The third-order valence-corrected chi connectivity index (χ3v) is 7.96. The summed E-state index contributed by atoms with van der Waals surface area (Å²) in [6.45, 7) is 3.44. The smallest absolute Gasteiger partial charge is 0.251 e. The van der Waals surface area contributed by atoms with E-state index in [-0.39, 0.29) is 10.8 Å². The summed E-state index contributed by atoms with van der Waals surface area (Å²) in [4.78, 5) is 14.0. The van der Waals surface area contributed by atoms with E-state index < -0.39 is 10.0 Å². The van der Waals surface area contributed by atoms with Crippen molar-refractivity contribution in [3.63, 3.8) is 0 Å². The van der Waals surface area contributed by atoms with Crippen LogP contribution in [0.5, 0.6) is 0 Å². The molecule has 29 heavy (non-hydrogen) atoms. The van der Waals surface area contributed by atoms with Gasteiger partial charge in [0, 0.05) is 35.8 Å². The van der Waals surface area contributed by atoms with Crippen molar-refractivity contribution in [3.8, 4) is 0 Å². The number of rotatable bonds is 7. The molecule has 1 heterocycles. The third-order valence-electron chi connectivity index (χ3n) is 5.06. The summed E-state index contributed by atoms with van der Waals surface area (Å²) in [5.41, 5.74) is 1.19. The van der Waals surface area contributed by atoms with Crippen LogP contribution in [0, 0.1) is 6.92 Å². The summed E-state index contributed by atoms with van der Waals surface area (Å²) in [5.74, 6) is 0.518. The highest BCUT2D eigenvalue weighted by molar-refractivity contribution is 7.99. The number of benzene rings is 2. The molecule has 0 aliphatic carbocycles. The maximum atomic E-state index is 13.0. The van der Waals surface area contributed by atoms with E-state index in [0.29, 0.717) is 25.2 Å². The van der Waals surface area contributed by atoms with Gasteiger partial charge in [-0.15, -0.1) is 11.8 Å². The molecule has 1 saturated heterocycles. The van der Waals surface area contributed by atoms with Gasteiger partial charge in [-0.3, -0.25) is 4.79 Å². The van der Waals surface area contributed by atoms with Gasteiger partial charge in [0.1, 0.15) is 0 Å². The highest BCUT2D eigenvalue weighted by atomic mass is 32.2. The zero-order valence-electron chi connectivity index (χ0n) is 16.8. The lowest BCUT2D eigenvalue weighted by Gasteiger charge is -2.20. The lowest BCUT2D eigenvalue weighted by atomic mass is 10.1. The molecule has 1 aliphatic rings. The average molecular weight is 433 g/mol. The standard InChI is InChI=1S/C22H28N2O3S2/c1-18-11-12-20(29(26,27)24-14-7-2-3-8-15-24)17-21(18)22(25)23-13-16-28-19-9-5-4-6-10-19/h4-6,9-12,17H,2-3,7-8,13-16H2,1H3,(H,23,25). The van der Waals surface area contributed by atoms with E-state index in [9.17, 15) is 13.2 Å². The van der Waals surface area contributed by atoms with Gasteiger partial charge in [-0.05, 0) is 49.6 Å². The minimum Gasteiger partial charge on any atom is -0.351 e. The molecule has 0 aromatic heterocycles. The van der Waals surface area contributed by atoms with Crippen molar-refractivity contribution in [3.05, 3.63) is 59.7 Å². The first-order valence-electron chi connectivity index (χ1n) is 10.1. The van der Waals surface area contributed by atoms with Gasteiger partial charge in [-0.25, -0.2) is 8.42 Å². The van der Waals surface area contributed by atoms with E-state index in [1.54, 1.807) is 28.2 Å². The van der Waals surface area contributed by atoms with Gasteiger partial charge >= 0.3 is 0 Å². The summed E-state index contributed by atoms with van der Waals surface area (Å²) in [5, 5.41) is 2.91. The van der Waals surface area contributed by atoms with Gasteiger partial charge in [0.05, 0.1) is 4.90 Å². The molecule has 2 aromatic rings. The molecule has 3 rings (SSSR count). The molecule has 0 atom stereocenters. The van der Waals surface area contributed by atoms with Crippen LogP contribution in [0.4, 0.5) is 0 Å². The van der Waals surface area contributed by atoms with E-state index in [1.807, 2.05) is 37.3 Å². The predicted molar refractivity (Wildman–Crippen MR) is 118 cm³/mol. The molecule has 0 radical (unpaired) electrons. The molecular weight excluding hydrogens is 404 g/mol. The Balaban J connectivity index is 1.65. The van der Waals surface area contributed by atoms with Crippen LogP contribution in [0.15, 0.2) is 58.3 Å². The van der Waals surface area contributed by atoms with Gasteiger partial charge in [0.2, 0.25) is 10.0 Å². The number of aryl methyl sites for hydroxylation is 1. The minimum atomic E-state index is -3.57. The van der Waals surface area contributed by atoms with Gasteiger partial charge in [-0.2, -0.15) is 4.31 Å². The normalized spacial score (nSPS) is 15.6. The molecular formula is C22H28N2O3S2. The molecule has 0 saturated carbocycles. The zero-order chi connectivity index (χ0) is 20.7. The Bertz CT molecular complexity index is 922. The molecule has 0 unspecified atom stereocenters. The summed E-state index contributed by atoms with van der Waals surface area (Å²) < 4.78 is 27.6. The lowest BCUT2D eigenvalue weighted by Crippen LogP contribution is -2.32. The fourth-order valence-corrected chi connectivity index (χ4v) is 5.72. The fourth-order valence-electron chi connectivity index (χ4n) is 3.38. The summed E-state index contributed by atoms with van der Waals surface area (Å²) in [6.07, 6.45) is 3.90. The Kier molecular flexibility index (Phi) is 7.75. The number of nitrogens with one attached hydrogen (secondary N) is 1. The maximum absolute atomic E-state index is 13.0. The van der Waals surface area contributed by atoms with E-state index in [0.717, 1.165) is 41.9 Å². The van der Waals surface area contributed by atoms with E-state index in [4.69, 9.17) is 0 Å². The summed E-state index contributed by atoms with van der Waals surface area (Å²) >= 11 is 1.67. The van der Waals surface area contributed by atoms with Gasteiger partial charge in [-0.1, -0.05) is 37.1 Å². The first kappa shape index (κ1) is 21.9. The van der Waals surface area contributed by atoms with E-state index in [2.05, 4.69) is 5.32 Å². The summed E-state index contributed by atoms with van der Waals surface area (Å²) in [7, 11) is -3.57. The minimum absolute atomic E-state index is 0.203. The molecule has 0 bridgehead atoms. The van der Waals surface area contributed by atoms with Gasteiger partial charge < -0.3 is 5.32 Å². The molecule has 1 N–H and O–H groups in total. The second-order valence-electron chi connectivity index (χ2n) is 7.21. The Morgan fingerprint density at radius 1 is 1.03 bits per heavy atom. The number of carbonyl (C=O) groups excluding carboxylic acids is 1. The molecule has 1 fully saturated rings. The van der Waals surface area contributed by atoms with Crippen molar-refractivity contribution in [1.29, 1.82) is 0 Å². The van der Waals surface area contributed by atoms with Crippen LogP contribution in [0.3, 0.4) is 0 Å². The third kappa shape index (κ3) is 5.84. The zero-order valence-corrected chi connectivity index (χ0v) is 18.4. The number of hydrogen-bond donors (Lipinski definition) is 1. The monoisotopic (exact) mass is 432 g/mol. The van der Waals surface area contributed by atoms with Crippen LogP contribution in [0.1, 0.15) is 41.6 Å². The van der Waals surface area contributed by atoms with Crippen molar-refractivity contribution in [1.82, 2.24) is 9.62 Å². The van der Waals surface area contributed by atoms with Crippen LogP contribution >= 0.6 is 11.8 Å². The Hall–Kier alpha value is -1.83.